The molecule has 0 fully saturated rings. The monoisotopic (exact) mass is 196 g/mol. The summed E-state index contributed by atoms with van der Waals surface area (Å²) in [4.78, 5) is 6.00. The molecule has 0 bridgehead atoms. The minimum atomic E-state index is 0. The van der Waals surface area contributed by atoms with Crippen molar-refractivity contribution in [2.45, 2.75) is 0 Å². The van der Waals surface area contributed by atoms with Crippen molar-refractivity contribution in [2.24, 2.45) is 0 Å². The Labute approximate surface area is 75.9 Å². The van der Waals surface area contributed by atoms with E-state index >= 15 is 0 Å². The number of nitrogens with zero attached hydrogens (tertiary/aromatic N) is 12. The van der Waals surface area contributed by atoms with Gasteiger partial charge in [-0.1, -0.05) is 0 Å². The van der Waals surface area contributed by atoms with Crippen LogP contribution >= 0.6 is 0 Å². The molecule has 0 spiro atoms. The van der Waals surface area contributed by atoms with E-state index in [0.717, 1.165) is 0 Å². The molecule has 0 rings (SSSR count). The molecule has 13 heavy (non-hydrogen) atoms. The van der Waals surface area contributed by atoms with Gasteiger partial charge in [-0.2, -0.15) is 0 Å². The average molecular weight is 196 g/mol. The van der Waals surface area contributed by atoms with Gasteiger partial charge in [0.1, 0.15) is 0 Å². The van der Waals surface area contributed by atoms with Gasteiger partial charge in [0.15, 0.2) is 0 Å². The van der Waals surface area contributed by atoms with Crippen LogP contribution < -0.4 is 0 Å². The number of hydrogen-bond donors (Lipinski definition) is 0. The Morgan fingerprint density at radius 3 is 0.385 bits per heavy atom. The third kappa shape index (κ3) is 81.3. The first-order valence-corrected chi connectivity index (χ1v) is 1.60. The first-order chi connectivity index (χ1) is 5.66. The Morgan fingerprint density at radius 1 is 0.385 bits per heavy atom. The topological polar surface area (TPSA) is 235 Å². The zero-order chi connectivity index (χ0) is 10.8. The van der Waals surface area contributed by atoms with Crippen LogP contribution in [0.3, 0.4) is 0 Å². The van der Waals surface area contributed by atoms with Crippen molar-refractivity contribution in [3.8, 4) is 0 Å². The Kier molecular flexibility index (Phi) is 770. The average Bonchev–Trinajstić information content (AvgIpc) is 1.92. The van der Waals surface area contributed by atoms with Crippen molar-refractivity contribution >= 4 is 11.0 Å². The van der Waals surface area contributed by atoms with Crippen LogP contribution in [-0.2, 0) is 0 Å². The Hall–Kier alpha value is -2.54. The molecule has 13 heteroatoms. The van der Waals surface area contributed by atoms with Gasteiger partial charge >= 0.3 is 11.0 Å². The van der Waals surface area contributed by atoms with Gasteiger partial charge in [-0.05, 0) is 0 Å². The zero-order valence-electron chi connectivity index (χ0n) is 5.87. The van der Waals surface area contributed by atoms with Crippen LogP contribution in [-0.4, -0.2) is 11.0 Å². The smallest absolute Gasteiger partial charge is 0.373 e. The summed E-state index contributed by atoms with van der Waals surface area (Å²) in [7, 11) is 0. The summed E-state index contributed by atoms with van der Waals surface area (Å²) in [5.41, 5.74) is 54.0. The summed E-state index contributed by atoms with van der Waals surface area (Å²) in [5.74, 6) is 0. The second-order valence-electron chi connectivity index (χ2n) is 0.358. The summed E-state index contributed by atoms with van der Waals surface area (Å²) >= 11 is 0. The quantitative estimate of drug-likeness (QED) is 0.234. The van der Waals surface area contributed by atoms with Gasteiger partial charge in [-0.25, -0.2) is 0 Å². The molecule has 0 aliphatic rings. The molecule has 0 unspecified atom stereocenters. The predicted octanol–water partition coefficient (Wildman–Crippen LogP) is 3.08. The molecule has 0 aromatic heterocycles. The largest absolute Gasteiger partial charge is 4.00 e. The summed E-state index contributed by atoms with van der Waals surface area (Å²) in [6.07, 6.45) is 0. The fraction of sp³-hybridized carbons (Fsp3) is 0. The van der Waals surface area contributed by atoms with Crippen molar-refractivity contribution in [1.82, 2.24) is 0 Å². The van der Waals surface area contributed by atoms with E-state index in [1.165, 1.54) is 19.6 Å². The van der Waals surface area contributed by atoms with Gasteiger partial charge in [-0.15, -0.1) is 0 Å². The second-order valence-corrected chi connectivity index (χ2v) is 0.358. The summed E-state index contributed by atoms with van der Waals surface area (Å²) in [5, 5.41) is 0. The number of hydrogen-bond acceptors (Lipinski definition) is 0. The van der Waals surface area contributed by atoms with Gasteiger partial charge in [0.25, 0.3) is 0 Å². The summed E-state index contributed by atoms with van der Waals surface area (Å²) in [6, 6.07) is 0. The Balaban J connectivity index is -0.0000000213. The molecule has 0 aliphatic heterocycles. The van der Waals surface area contributed by atoms with E-state index in [4.69, 9.17) is 44.2 Å². The van der Waals surface area contributed by atoms with Gasteiger partial charge in [-0.3, -0.25) is 19.6 Å². The van der Waals surface area contributed by atoms with Crippen LogP contribution in [0.1, 0.15) is 0 Å². The molecular formula is N12Si. The second kappa shape index (κ2) is 319. The molecule has 0 radical (unpaired) electrons. The fourth-order valence-corrected chi connectivity index (χ4v) is 0. The predicted molar refractivity (Wildman–Crippen MR) is 46.1 cm³/mol. The van der Waals surface area contributed by atoms with E-state index in [9.17, 15) is 0 Å². The molecule has 0 saturated heterocycles. The van der Waals surface area contributed by atoms with Crippen molar-refractivity contribution < 1.29 is 0 Å². The van der Waals surface area contributed by atoms with Crippen molar-refractivity contribution in [2.75, 3.05) is 0 Å². The van der Waals surface area contributed by atoms with Crippen LogP contribution in [0.5, 0.6) is 0 Å². The molecule has 12 nitrogen and oxygen atoms in total. The molecule has 0 heterocycles. The van der Waals surface area contributed by atoms with Crippen molar-refractivity contribution in [3.05, 3.63) is 63.9 Å². The third-order valence-corrected chi connectivity index (χ3v) is 0. The van der Waals surface area contributed by atoms with Crippen LogP contribution in [0.4, 0.5) is 0 Å². The van der Waals surface area contributed by atoms with Crippen LogP contribution in [0.25, 0.3) is 63.9 Å². The Morgan fingerprint density at radius 2 is 0.385 bits per heavy atom. The van der Waals surface area contributed by atoms with Gasteiger partial charge in [0, 0.05) is 0 Å². The molecule has 0 saturated carbocycles. The molecule has 0 aromatic carbocycles. The SMILES string of the molecule is [N-]=[N+]=[N-].[N-]=[N+]=[N-].[N-]=[N+]=[N-].[N-]=[N+]=[N-].[Si+4]. The van der Waals surface area contributed by atoms with Gasteiger partial charge in [0.05, 0.1) is 0 Å². The molecule has 0 atom stereocenters. The van der Waals surface area contributed by atoms with Crippen molar-refractivity contribution in [3.63, 3.8) is 0 Å². The van der Waals surface area contributed by atoms with Gasteiger partial charge < -0.3 is 44.2 Å². The van der Waals surface area contributed by atoms with Crippen LogP contribution in [0.15, 0.2) is 0 Å². The first kappa shape index (κ1) is 31.4. The Bertz CT molecular complexity index is 137. The van der Waals surface area contributed by atoms with E-state index in [0.29, 0.717) is 0 Å². The molecule has 0 N–H and O–H groups in total. The maximum absolute atomic E-state index is 6.75. The minimum absolute atomic E-state index is 0. The minimum Gasteiger partial charge on any atom is -0.373 e. The first-order valence-electron chi connectivity index (χ1n) is 1.60. The van der Waals surface area contributed by atoms with E-state index in [1.807, 2.05) is 0 Å². The normalized spacial score (nSPS) is 2.46. The number of rotatable bonds is 0. The molecule has 64 valence electrons. The molecule has 0 amide bonds. The van der Waals surface area contributed by atoms with Crippen molar-refractivity contribution in [1.29, 1.82) is 0 Å². The maximum Gasteiger partial charge on any atom is 4.00 e. The van der Waals surface area contributed by atoms with E-state index in [-0.39, 0.29) is 11.0 Å². The zero-order valence-corrected chi connectivity index (χ0v) is 6.87. The summed E-state index contributed by atoms with van der Waals surface area (Å²) < 4.78 is 0. The molecular weight excluding hydrogens is 196 g/mol. The van der Waals surface area contributed by atoms with Crippen LogP contribution in [0, 0.1) is 0 Å². The van der Waals surface area contributed by atoms with Gasteiger partial charge in [0.2, 0.25) is 0 Å². The van der Waals surface area contributed by atoms with E-state index in [2.05, 4.69) is 0 Å². The summed E-state index contributed by atoms with van der Waals surface area (Å²) in [6.45, 7) is 0. The fourth-order valence-electron chi connectivity index (χ4n) is 0. The third-order valence-electron chi connectivity index (χ3n) is 0. The van der Waals surface area contributed by atoms with E-state index in [1.54, 1.807) is 0 Å². The van der Waals surface area contributed by atoms with E-state index < -0.39 is 0 Å². The van der Waals surface area contributed by atoms with Crippen LogP contribution in [0.2, 0.25) is 0 Å². The molecule has 0 aromatic rings. The molecule has 0 aliphatic carbocycles. The standard InChI is InChI=1S/4N3.Si/c4*1-3-2;/q4*-1;+4. The maximum atomic E-state index is 6.75.